The van der Waals surface area contributed by atoms with Crippen molar-refractivity contribution >= 4 is 34.6 Å². The second-order valence-corrected chi connectivity index (χ2v) is 11.2. The molecule has 0 unspecified atom stereocenters. The lowest BCUT2D eigenvalue weighted by Crippen LogP contribution is -2.44. The average molecular weight is 573 g/mol. The number of amides is 1. The molecule has 42 heavy (non-hydrogen) atoms. The van der Waals surface area contributed by atoms with Crippen LogP contribution in [-0.2, 0) is 12.7 Å². The number of anilines is 1. The zero-order valence-electron chi connectivity index (χ0n) is 24.1. The largest absolute Gasteiger partial charge is 0.416 e. The van der Waals surface area contributed by atoms with Gasteiger partial charge in [-0.1, -0.05) is 62.4 Å². The second kappa shape index (κ2) is 12.5. The number of rotatable bonds is 7. The van der Waals surface area contributed by atoms with Crippen LogP contribution >= 0.6 is 0 Å². The Morgan fingerprint density at radius 3 is 2.43 bits per heavy atom. The minimum atomic E-state index is -4.53. The Labute approximate surface area is 244 Å². The molecular formula is C34H35F3N4O. The predicted octanol–water partition coefficient (Wildman–Crippen LogP) is 7.55. The van der Waals surface area contributed by atoms with Crippen molar-refractivity contribution in [2.24, 2.45) is 0 Å². The van der Waals surface area contributed by atoms with E-state index in [0.29, 0.717) is 24.6 Å². The van der Waals surface area contributed by atoms with Crippen LogP contribution in [0.25, 0.3) is 23.1 Å². The normalized spacial score (nSPS) is 15.1. The first-order valence-electron chi connectivity index (χ1n) is 14.2. The standard InChI is InChI=1S/C34H35F3N4O/c1-23(2)30-9-5-7-26-19-25(21-38-32(26)30)11-10-24-6-4-8-27(18-24)33(42)39-29-13-12-28(31(20-29)34(35,36)37)22-41-16-14-40(3)15-17-41/h4-13,18-21,23H,14-17,22H2,1-3H3,(H,39,42)/b11-10-. The number of alkyl halides is 3. The lowest BCUT2D eigenvalue weighted by Gasteiger charge is -2.33. The third-order valence-corrected chi connectivity index (χ3v) is 7.67. The number of benzene rings is 3. The molecule has 218 valence electrons. The fraction of sp³-hybridized carbons (Fsp3) is 0.294. The van der Waals surface area contributed by atoms with Crippen LogP contribution in [0.4, 0.5) is 18.9 Å². The number of aromatic nitrogens is 1. The predicted molar refractivity (Wildman–Crippen MR) is 163 cm³/mol. The van der Waals surface area contributed by atoms with Crippen molar-refractivity contribution in [2.45, 2.75) is 32.5 Å². The number of carbonyl (C=O) groups is 1. The summed E-state index contributed by atoms with van der Waals surface area (Å²) in [6, 6.07) is 19.3. The van der Waals surface area contributed by atoms with Gasteiger partial charge in [0.2, 0.25) is 0 Å². The Kier molecular flexibility index (Phi) is 8.75. The number of para-hydroxylation sites is 1. The summed E-state index contributed by atoms with van der Waals surface area (Å²) in [5.41, 5.74) is 3.86. The summed E-state index contributed by atoms with van der Waals surface area (Å²) in [4.78, 5) is 21.9. The molecule has 1 aliphatic rings. The summed E-state index contributed by atoms with van der Waals surface area (Å²) >= 11 is 0. The lowest BCUT2D eigenvalue weighted by molar-refractivity contribution is -0.138. The highest BCUT2D eigenvalue weighted by Gasteiger charge is 2.34. The SMILES string of the molecule is CC(C)c1cccc2cc(/C=C\c3cccc(C(=O)Nc4ccc(CN5CCN(C)CC5)c(C(F)(F)F)c4)c3)cnc12. The molecule has 1 amide bonds. The van der Waals surface area contributed by atoms with E-state index in [2.05, 4.69) is 41.2 Å². The number of likely N-dealkylation sites (N-methyl/N-ethyl adjacent to an activating group) is 1. The van der Waals surface area contributed by atoms with Gasteiger partial charge in [0.25, 0.3) is 5.91 Å². The van der Waals surface area contributed by atoms with E-state index in [4.69, 9.17) is 0 Å². The maximum absolute atomic E-state index is 14.0. The maximum Gasteiger partial charge on any atom is 0.416 e. The molecule has 0 bridgehead atoms. The first-order valence-corrected chi connectivity index (χ1v) is 14.2. The summed E-state index contributed by atoms with van der Waals surface area (Å²) in [5.74, 6) is -0.102. The Bertz CT molecular complexity index is 1600. The molecule has 5 rings (SSSR count). The van der Waals surface area contributed by atoms with Gasteiger partial charge in [0.15, 0.2) is 0 Å². The average Bonchev–Trinajstić information content (AvgIpc) is 2.97. The molecular weight excluding hydrogens is 537 g/mol. The quantitative estimate of drug-likeness (QED) is 0.249. The molecule has 4 aromatic rings. The molecule has 3 aromatic carbocycles. The van der Waals surface area contributed by atoms with Gasteiger partial charge in [-0.2, -0.15) is 13.2 Å². The van der Waals surface area contributed by atoms with Crippen molar-refractivity contribution in [3.63, 3.8) is 0 Å². The van der Waals surface area contributed by atoms with Crippen LogP contribution in [0.3, 0.4) is 0 Å². The first kappa shape index (κ1) is 29.5. The molecule has 1 N–H and O–H groups in total. The maximum atomic E-state index is 14.0. The van der Waals surface area contributed by atoms with Crippen LogP contribution in [0.5, 0.6) is 0 Å². The van der Waals surface area contributed by atoms with Crippen LogP contribution in [0.2, 0.25) is 0 Å². The molecule has 0 spiro atoms. The minimum absolute atomic E-state index is 0.110. The van der Waals surface area contributed by atoms with Gasteiger partial charge in [-0.25, -0.2) is 0 Å². The van der Waals surface area contributed by atoms with Crippen molar-refractivity contribution in [2.75, 3.05) is 38.5 Å². The Morgan fingerprint density at radius 1 is 0.952 bits per heavy atom. The van der Waals surface area contributed by atoms with Crippen molar-refractivity contribution in [1.82, 2.24) is 14.8 Å². The van der Waals surface area contributed by atoms with Crippen LogP contribution in [0.15, 0.2) is 72.9 Å². The number of pyridine rings is 1. The lowest BCUT2D eigenvalue weighted by atomic mass is 9.99. The summed E-state index contributed by atoms with van der Waals surface area (Å²) in [5, 5.41) is 3.71. The molecule has 1 aromatic heterocycles. The first-order chi connectivity index (χ1) is 20.1. The molecule has 1 aliphatic heterocycles. The van der Waals surface area contributed by atoms with E-state index in [0.717, 1.165) is 41.2 Å². The molecule has 0 saturated carbocycles. The number of hydrogen-bond acceptors (Lipinski definition) is 4. The van der Waals surface area contributed by atoms with Crippen molar-refractivity contribution in [3.8, 4) is 0 Å². The van der Waals surface area contributed by atoms with E-state index in [1.807, 2.05) is 48.5 Å². The van der Waals surface area contributed by atoms with Crippen LogP contribution in [0.1, 0.15) is 57.9 Å². The third kappa shape index (κ3) is 7.06. The number of halogens is 3. The van der Waals surface area contributed by atoms with Gasteiger partial charge in [-0.05, 0) is 65.6 Å². The Hall–Kier alpha value is -4.01. The zero-order chi connectivity index (χ0) is 29.9. The number of fused-ring (bicyclic) bond motifs is 1. The number of piperazine rings is 1. The molecule has 0 radical (unpaired) electrons. The van der Waals surface area contributed by atoms with Gasteiger partial charge in [-0.3, -0.25) is 14.7 Å². The van der Waals surface area contributed by atoms with Gasteiger partial charge in [0.1, 0.15) is 0 Å². The highest BCUT2D eigenvalue weighted by atomic mass is 19.4. The molecule has 1 saturated heterocycles. The fourth-order valence-corrected chi connectivity index (χ4v) is 5.24. The summed E-state index contributed by atoms with van der Waals surface area (Å²) < 4.78 is 41.9. The molecule has 8 heteroatoms. The Morgan fingerprint density at radius 2 is 1.69 bits per heavy atom. The van der Waals surface area contributed by atoms with Crippen LogP contribution in [0, 0.1) is 0 Å². The molecule has 5 nitrogen and oxygen atoms in total. The third-order valence-electron chi connectivity index (χ3n) is 7.67. The molecule has 1 fully saturated rings. The van der Waals surface area contributed by atoms with Crippen LogP contribution < -0.4 is 5.32 Å². The Balaban J connectivity index is 1.30. The smallest absolute Gasteiger partial charge is 0.322 e. The van der Waals surface area contributed by atoms with E-state index in [-0.39, 0.29) is 17.8 Å². The van der Waals surface area contributed by atoms with Crippen LogP contribution in [-0.4, -0.2) is 53.9 Å². The van der Waals surface area contributed by atoms with E-state index in [1.54, 1.807) is 24.3 Å². The monoisotopic (exact) mass is 572 g/mol. The van der Waals surface area contributed by atoms with Gasteiger partial charge >= 0.3 is 6.18 Å². The van der Waals surface area contributed by atoms with E-state index < -0.39 is 17.6 Å². The van der Waals surface area contributed by atoms with E-state index >= 15 is 0 Å². The summed E-state index contributed by atoms with van der Waals surface area (Å²) in [6.07, 6.45) is 1.12. The van der Waals surface area contributed by atoms with E-state index in [9.17, 15) is 18.0 Å². The summed E-state index contributed by atoms with van der Waals surface area (Å²) in [6.45, 7) is 7.59. The fourth-order valence-electron chi connectivity index (χ4n) is 5.24. The topological polar surface area (TPSA) is 48.5 Å². The minimum Gasteiger partial charge on any atom is -0.322 e. The molecule has 0 atom stereocenters. The zero-order valence-corrected chi connectivity index (χ0v) is 24.1. The van der Waals surface area contributed by atoms with E-state index in [1.165, 1.54) is 11.6 Å². The summed E-state index contributed by atoms with van der Waals surface area (Å²) in [7, 11) is 2.01. The second-order valence-electron chi connectivity index (χ2n) is 11.2. The highest BCUT2D eigenvalue weighted by molar-refractivity contribution is 6.04. The highest BCUT2D eigenvalue weighted by Crippen LogP contribution is 2.35. The molecule has 0 aliphatic carbocycles. The van der Waals surface area contributed by atoms with Gasteiger partial charge < -0.3 is 10.2 Å². The van der Waals surface area contributed by atoms with Gasteiger partial charge in [-0.15, -0.1) is 0 Å². The molecule has 2 heterocycles. The van der Waals surface area contributed by atoms with Gasteiger partial charge in [0.05, 0.1) is 11.1 Å². The number of hydrogen-bond donors (Lipinski definition) is 1. The van der Waals surface area contributed by atoms with Gasteiger partial charge in [0, 0.05) is 55.6 Å². The number of carbonyl (C=O) groups excluding carboxylic acids is 1. The van der Waals surface area contributed by atoms with Crippen molar-refractivity contribution in [1.29, 1.82) is 0 Å². The number of nitrogens with zero attached hydrogens (tertiary/aromatic N) is 3. The number of nitrogens with one attached hydrogen (secondary N) is 1. The van der Waals surface area contributed by atoms with Crippen molar-refractivity contribution in [3.05, 3.63) is 106 Å². The van der Waals surface area contributed by atoms with Crippen molar-refractivity contribution < 1.29 is 18.0 Å².